The lowest BCUT2D eigenvalue weighted by atomic mass is 9.89. The van der Waals surface area contributed by atoms with E-state index >= 15 is 0 Å². The van der Waals surface area contributed by atoms with Crippen LogP contribution in [0, 0.1) is 5.92 Å². The Morgan fingerprint density at radius 1 is 0.811 bits per heavy atom. The highest BCUT2D eigenvalue weighted by molar-refractivity contribution is 6.24. The SMILES string of the molecule is CCOc1cccc(N2C(=O)[C@@H]3[C@@H](c4ccc(OC)c(OC)c4OC)N(c4ccccc4)O[C@H]3C2=O)c1. The highest BCUT2D eigenvalue weighted by Gasteiger charge is 2.61. The Kier molecular flexibility index (Phi) is 6.62. The van der Waals surface area contributed by atoms with E-state index in [1.54, 1.807) is 35.4 Å². The average molecular weight is 505 g/mol. The smallest absolute Gasteiger partial charge is 0.266 e. The number of methoxy groups -OCH3 is 3. The molecular weight excluding hydrogens is 476 g/mol. The molecule has 0 radical (unpaired) electrons. The number of nitrogens with zero attached hydrogens (tertiary/aromatic N) is 2. The fourth-order valence-corrected chi connectivity index (χ4v) is 5.02. The van der Waals surface area contributed by atoms with Crippen LogP contribution in [0.4, 0.5) is 11.4 Å². The molecule has 2 heterocycles. The first-order valence-corrected chi connectivity index (χ1v) is 11.9. The summed E-state index contributed by atoms with van der Waals surface area (Å²) in [4.78, 5) is 35.0. The molecule has 9 nitrogen and oxygen atoms in total. The molecule has 2 aliphatic rings. The van der Waals surface area contributed by atoms with Crippen molar-refractivity contribution in [3.8, 4) is 23.0 Å². The molecule has 0 aromatic heterocycles. The molecule has 192 valence electrons. The summed E-state index contributed by atoms with van der Waals surface area (Å²) in [7, 11) is 4.58. The third kappa shape index (κ3) is 4.01. The van der Waals surface area contributed by atoms with Crippen LogP contribution >= 0.6 is 0 Å². The van der Waals surface area contributed by atoms with E-state index in [1.807, 2.05) is 43.3 Å². The lowest BCUT2D eigenvalue weighted by molar-refractivity contribution is -0.126. The van der Waals surface area contributed by atoms with Gasteiger partial charge in [0.15, 0.2) is 17.6 Å². The van der Waals surface area contributed by atoms with Gasteiger partial charge in [0, 0.05) is 11.6 Å². The number of para-hydroxylation sites is 1. The highest BCUT2D eigenvalue weighted by Crippen LogP contribution is 2.52. The van der Waals surface area contributed by atoms with Gasteiger partial charge in [0.2, 0.25) is 11.7 Å². The van der Waals surface area contributed by atoms with Crippen molar-refractivity contribution in [1.29, 1.82) is 0 Å². The predicted molar refractivity (Wildman–Crippen MR) is 136 cm³/mol. The number of benzene rings is 3. The molecule has 37 heavy (non-hydrogen) atoms. The van der Waals surface area contributed by atoms with Crippen molar-refractivity contribution in [2.75, 3.05) is 37.9 Å². The van der Waals surface area contributed by atoms with Gasteiger partial charge >= 0.3 is 0 Å². The first-order valence-electron chi connectivity index (χ1n) is 11.9. The molecule has 2 amide bonds. The van der Waals surface area contributed by atoms with E-state index in [0.29, 0.717) is 46.5 Å². The van der Waals surface area contributed by atoms with Crippen molar-refractivity contribution < 1.29 is 33.4 Å². The molecule has 3 aromatic rings. The van der Waals surface area contributed by atoms with Gasteiger partial charge in [-0.05, 0) is 43.3 Å². The molecule has 9 heteroatoms. The van der Waals surface area contributed by atoms with Crippen LogP contribution in [0.15, 0.2) is 66.7 Å². The molecule has 0 N–H and O–H groups in total. The van der Waals surface area contributed by atoms with Crippen molar-refractivity contribution in [2.24, 2.45) is 5.92 Å². The normalized spacial score (nSPS) is 20.7. The lowest BCUT2D eigenvalue weighted by Crippen LogP contribution is -2.37. The number of fused-ring (bicyclic) bond motifs is 1. The van der Waals surface area contributed by atoms with E-state index in [9.17, 15) is 9.59 Å². The van der Waals surface area contributed by atoms with Crippen LogP contribution < -0.4 is 28.9 Å². The number of hydroxylamine groups is 1. The summed E-state index contributed by atoms with van der Waals surface area (Å²) >= 11 is 0. The summed E-state index contributed by atoms with van der Waals surface area (Å²) in [5.74, 6) is 0.188. The number of hydrogen-bond acceptors (Lipinski definition) is 8. The van der Waals surface area contributed by atoms with Crippen LogP contribution in [0.5, 0.6) is 23.0 Å². The maximum Gasteiger partial charge on any atom is 0.266 e. The molecule has 2 saturated heterocycles. The van der Waals surface area contributed by atoms with E-state index < -0.39 is 24.0 Å². The number of rotatable bonds is 8. The van der Waals surface area contributed by atoms with Crippen LogP contribution in [-0.2, 0) is 14.4 Å². The second kappa shape index (κ2) is 10.0. The van der Waals surface area contributed by atoms with Gasteiger partial charge in [-0.25, -0.2) is 9.96 Å². The summed E-state index contributed by atoms with van der Waals surface area (Å²) in [6.45, 7) is 2.34. The third-order valence-corrected chi connectivity index (χ3v) is 6.57. The third-order valence-electron chi connectivity index (χ3n) is 6.57. The maximum atomic E-state index is 14.0. The van der Waals surface area contributed by atoms with Gasteiger partial charge in [-0.1, -0.05) is 24.3 Å². The maximum absolute atomic E-state index is 14.0. The molecule has 0 unspecified atom stereocenters. The predicted octanol–water partition coefficient (Wildman–Crippen LogP) is 4.16. The molecular formula is C28H28N2O7. The minimum Gasteiger partial charge on any atom is -0.494 e. The van der Waals surface area contributed by atoms with Gasteiger partial charge in [-0.3, -0.25) is 14.4 Å². The first kappa shape index (κ1) is 24.5. The van der Waals surface area contributed by atoms with E-state index in [1.165, 1.54) is 26.2 Å². The zero-order valence-corrected chi connectivity index (χ0v) is 21.0. The Balaban J connectivity index is 1.63. The zero-order valence-electron chi connectivity index (χ0n) is 21.0. The van der Waals surface area contributed by atoms with Crippen LogP contribution in [0.1, 0.15) is 18.5 Å². The van der Waals surface area contributed by atoms with Crippen LogP contribution in [0.3, 0.4) is 0 Å². The highest BCUT2D eigenvalue weighted by atomic mass is 16.7. The van der Waals surface area contributed by atoms with E-state index in [-0.39, 0.29) is 5.91 Å². The summed E-state index contributed by atoms with van der Waals surface area (Å²) in [6, 6.07) is 19.1. The number of imide groups is 1. The summed E-state index contributed by atoms with van der Waals surface area (Å²) < 4.78 is 22.4. The Hall–Kier alpha value is -4.24. The number of hydrogen-bond donors (Lipinski definition) is 0. The second-order valence-electron chi connectivity index (χ2n) is 8.52. The fourth-order valence-electron chi connectivity index (χ4n) is 5.02. The molecule has 2 fully saturated rings. The van der Waals surface area contributed by atoms with E-state index in [0.717, 1.165) is 0 Å². The minimum atomic E-state index is -1.02. The minimum absolute atomic E-state index is 0.371. The monoisotopic (exact) mass is 504 g/mol. The topological polar surface area (TPSA) is 86.8 Å². The molecule has 0 bridgehead atoms. The Bertz CT molecular complexity index is 1310. The molecule has 2 aliphatic heterocycles. The fraction of sp³-hybridized carbons (Fsp3) is 0.286. The van der Waals surface area contributed by atoms with Gasteiger partial charge in [-0.15, -0.1) is 0 Å². The number of carbonyl (C=O) groups is 2. The number of amides is 2. The largest absolute Gasteiger partial charge is 0.494 e. The Morgan fingerprint density at radius 3 is 2.22 bits per heavy atom. The number of anilines is 2. The zero-order chi connectivity index (χ0) is 26.1. The lowest BCUT2D eigenvalue weighted by Gasteiger charge is -2.30. The quantitative estimate of drug-likeness (QED) is 0.423. The van der Waals surface area contributed by atoms with E-state index in [4.69, 9.17) is 23.8 Å². The van der Waals surface area contributed by atoms with Crippen molar-refractivity contribution in [3.05, 3.63) is 72.3 Å². The number of carbonyl (C=O) groups excluding carboxylic acids is 2. The summed E-state index contributed by atoms with van der Waals surface area (Å²) in [6.07, 6.45) is -1.02. The van der Waals surface area contributed by atoms with E-state index in [2.05, 4.69) is 0 Å². The molecule has 0 aliphatic carbocycles. The van der Waals surface area contributed by atoms with Gasteiger partial charge in [0.05, 0.1) is 39.3 Å². The Labute approximate surface area is 215 Å². The molecule has 0 spiro atoms. The molecule has 0 saturated carbocycles. The Morgan fingerprint density at radius 2 is 1.54 bits per heavy atom. The standard InChI is InChI=1S/C28H28N2O7/c1-5-36-19-13-9-12-18(16-19)29-27(31)22-23(20-14-15-21(33-2)25(35-4)24(20)34-3)30(37-26(22)28(29)32)17-10-7-6-8-11-17/h6-16,22-23,26H,5H2,1-4H3/t22-,23-,26-/m1/s1. The molecule has 5 rings (SSSR count). The first-order chi connectivity index (χ1) is 18.0. The van der Waals surface area contributed by atoms with Gasteiger partial charge in [-0.2, -0.15) is 0 Å². The van der Waals surface area contributed by atoms with Crippen molar-refractivity contribution >= 4 is 23.2 Å². The van der Waals surface area contributed by atoms with Crippen molar-refractivity contribution in [2.45, 2.75) is 19.1 Å². The number of ether oxygens (including phenoxy) is 4. The summed E-state index contributed by atoms with van der Waals surface area (Å²) in [5, 5.41) is 1.61. The second-order valence-corrected chi connectivity index (χ2v) is 8.52. The van der Waals surface area contributed by atoms with Crippen molar-refractivity contribution in [1.82, 2.24) is 0 Å². The molecule has 3 aromatic carbocycles. The van der Waals surface area contributed by atoms with Gasteiger partial charge in [0.1, 0.15) is 17.7 Å². The van der Waals surface area contributed by atoms with Crippen LogP contribution in [-0.4, -0.2) is 45.9 Å². The van der Waals surface area contributed by atoms with Gasteiger partial charge < -0.3 is 18.9 Å². The average Bonchev–Trinajstić information content (AvgIpc) is 3.43. The van der Waals surface area contributed by atoms with Gasteiger partial charge in [0.25, 0.3) is 5.91 Å². The summed E-state index contributed by atoms with van der Waals surface area (Å²) in [5.41, 5.74) is 1.76. The van der Waals surface area contributed by atoms with Crippen LogP contribution in [0.25, 0.3) is 0 Å². The van der Waals surface area contributed by atoms with Crippen LogP contribution in [0.2, 0.25) is 0 Å². The van der Waals surface area contributed by atoms with Crippen molar-refractivity contribution in [3.63, 3.8) is 0 Å². The molecule has 3 atom stereocenters.